The number of rotatable bonds is 2. The Morgan fingerprint density at radius 2 is 1.40 bits per heavy atom. The Bertz CT molecular complexity index is 2380. The molecule has 8 aromatic rings. The average molecular weight is 513 g/mol. The number of hydrogen-bond donors (Lipinski definition) is 1. The summed E-state index contributed by atoms with van der Waals surface area (Å²) < 4.78 is 4.74. The molecule has 0 amide bonds. The van der Waals surface area contributed by atoms with Gasteiger partial charge in [0, 0.05) is 39.2 Å². The highest BCUT2D eigenvalue weighted by Crippen LogP contribution is 2.42. The molecule has 0 spiro atoms. The molecule has 0 fully saturated rings. The quantitative estimate of drug-likeness (QED) is 0.236. The Kier molecular flexibility index (Phi) is 4.35. The molecule has 0 unspecified atom stereocenters. The molecule has 40 heavy (non-hydrogen) atoms. The highest BCUT2D eigenvalue weighted by atomic mass is 15.0. The second-order valence-corrected chi connectivity index (χ2v) is 10.5. The van der Waals surface area contributed by atoms with Gasteiger partial charge in [-0.25, -0.2) is 4.98 Å². The molecule has 1 N–H and O–H groups in total. The number of fused-ring (bicyclic) bond motifs is 12. The van der Waals surface area contributed by atoms with Crippen molar-refractivity contribution in [2.45, 2.75) is 0 Å². The van der Waals surface area contributed by atoms with Crippen molar-refractivity contribution in [3.05, 3.63) is 133 Å². The summed E-state index contributed by atoms with van der Waals surface area (Å²) in [5, 5.41) is 9.44. The van der Waals surface area contributed by atoms with Gasteiger partial charge in [-0.05, 0) is 71.9 Å². The minimum Gasteiger partial charge on any atom is -0.387 e. The lowest BCUT2D eigenvalue weighted by molar-refractivity contribution is 0.975. The average Bonchev–Trinajstić information content (AvgIpc) is 3.58. The van der Waals surface area contributed by atoms with Gasteiger partial charge >= 0.3 is 0 Å². The van der Waals surface area contributed by atoms with Gasteiger partial charge in [0.15, 0.2) is 0 Å². The van der Waals surface area contributed by atoms with Gasteiger partial charge in [-0.3, -0.25) is 4.40 Å². The minimum absolute atomic E-state index is 0.849. The van der Waals surface area contributed by atoms with Crippen LogP contribution in [0, 0.1) is 0 Å². The molecule has 9 rings (SSSR count). The summed E-state index contributed by atoms with van der Waals surface area (Å²) in [6.07, 6.45) is 6.41. The molecule has 4 nitrogen and oxygen atoms in total. The molecule has 1 aliphatic heterocycles. The molecule has 0 aliphatic carbocycles. The predicted molar refractivity (Wildman–Crippen MR) is 167 cm³/mol. The largest absolute Gasteiger partial charge is 0.387 e. The summed E-state index contributed by atoms with van der Waals surface area (Å²) in [6.45, 7) is 0.849. The molecule has 0 saturated carbocycles. The summed E-state index contributed by atoms with van der Waals surface area (Å²) in [6, 6.07) is 39.4. The smallest absolute Gasteiger partial charge is 0.146 e. The fraction of sp³-hybridized carbons (Fsp3) is 0.0278. The number of pyridine rings is 1. The standard InChI is InChI=1S/C36H24N4/c1-5-14-31-26(10-1)34-28(36-38-29-12-3-6-15-32(29)40(31)36)16-17-33-35(34)27-11-2-4-13-30(27)39(33)25-9-7-8-24(22-25)23-18-20-37-21-19-23/h1-20,22,37H,21H2. The molecule has 0 saturated heterocycles. The first-order valence-corrected chi connectivity index (χ1v) is 13.7. The van der Waals surface area contributed by atoms with E-state index in [1.165, 1.54) is 54.6 Å². The van der Waals surface area contributed by atoms with Gasteiger partial charge in [-0.2, -0.15) is 0 Å². The first-order chi connectivity index (χ1) is 19.9. The number of allylic oxidation sites excluding steroid dienone is 2. The monoisotopic (exact) mass is 512 g/mol. The Morgan fingerprint density at radius 3 is 2.25 bits per heavy atom. The summed E-state index contributed by atoms with van der Waals surface area (Å²) in [7, 11) is 0. The number of para-hydroxylation sites is 4. The number of hydrogen-bond acceptors (Lipinski definition) is 2. The van der Waals surface area contributed by atoms with Gasteiger partial charge in [-0.15, -0.1) is 0 Å². The third kappa shape index (κ3) is 2.88. The highest BCUT2D eigenvalue weighted by Gasteiger charge is 2.20. The number of nitrogens with zero attached hydrogens (tertiary/aromatic N) is 3. The Labute approximate surface area is 230 Å². The fourth-order valence-electron chi connectivity index (χ4n) is 6.63. The second kappa shape index (κ2) is 8.08. The van der Waals surface area contributed by atoms with Crippen LogP contribution >= 0.6 is 0 Å². The second-order valence-electron chi connectivity index (χ2n) is 10.5. The van der Waals surface area contributed by atoms with Crippen LogP contribution in [0.25, 0.3) is 71.4 Å². The molecule has 188 valence electrons. The van der Waals surface area contributed by atoms with E-state index < -0.39 is 0 Å². The van der Waals surface area contributed by atoms with Gasteiger partial charge in [-0.1, -0.05) is 66.7 Å². The third-order valence-corrected chi connectivity index (χ3v) is 8.31. The van der Waals surface area contributed by atoms with E-state index in [-0.39, 0.29) is 0 Å². The van der Waals surface area contributed by atoms with Crippen LogP contribution in [-0.4, -0.2) is 20.5 Å². The van der Waals surface area contributed by atoms with Gasteiger partial charge in [0.05, 0.1) is 27.6 Å². The van der Waals surface area contributed by atoms with E-state index in [2.05, 4.69) is 136 Å². The first kappa shape index (κ1) is 21.6. The van der Waals surface area contributed by atoms with Crippen molar-refractivity contribution in [1.29, 1.82) is 0 Å². The van der Waals surface area contributed by atoms with Crippen LogP contribution in [-0.2, 0) is 0 Å². The Morgan fingerprint density at radius 1 is 0.625 bits per heavy atom. The highest BCUT2D eigenvalue weighted by molar-refractivity contribution is 6.30. The molecule has 4 heterocycles. The van der Waals surface area contributed by atoms with E-state index >= 15 is 0 Å². The molecule has 0 atom stereocenters. The fourth-order valence-corrected chi connectivity index (χ4v) is 6.63. The predicted octanol–water partition coefficient (Wildman–Crippen LogP) is 8.39. The van der Waals surface area contributed by atoms with Crippen LogP contribution in [0.5, 0.6) is 0 Å². The van der Waals surface area contributed by atoms with Gasteiger partial charge in [0.2, 0.25) is 0 Å². The van der Waals surface area contributed by atoms with E-state index in [4.69, 9.17) is 4.98 Å². The molecule has 5 aromatic carbocycles. The number of nitrogens with one attached hydrogen (secondary N) is 1. The van der Waals surface area contributed by atoms with E-state index in [1.54, 1.807) is 0 Å². The van der Waals surface area contributed by atoms with Crippen LogP contribution in [0.3, 0.4) is 0 Å². The number of dihydropyridines is 1. The third-order valence-electron chi connectivity index (χ3n) is 8.31. The lowest BCUT2D eigenvalue weighted by Gasteiger charge is -2.13. The van der Waals surface area contributed by atoms with E-state index in [0.717, 1.165) is 28.9 Å². The van der Waals surface area contributed by atoms with Crippen molar-refractivity contribution < 1.29 is 0 Å². The Hall–Kier alpha value is -5.35. The van der Waals surface area contributed by atoms with Gasteiger partial charge in [0.1, 0.15) is 5.65 Å². The summed E-state index contributed by atoms with van der Waals surface area (Å²) in [4.78, 5) is 5.15. The zero-order valence-electron chi connectivity index (χ0n) is 21.7. The molecule has 3 aromatic heterocycles. The maximum Gasteiger partial charge on any atom is 0.146 e. The zero-order chi connectivity index (χ0) is 26.2. The maximum atomic E-state index is 5.15. The Balaban J connectivity index is 1.46. The molecular weight excluding hydrogens is 488 g/mol. The van der Waals surface area contributed by atoms with Crippen molar-refractivity contribution in [3.63, 3.8) is 0 Å². The van der Waals surface area contributed by atoms with Crippen LogP contribution in [0.1, 0.15) is 5.56 Å². The van der Waals surface area contributed by atoms with Gasteiger partial charge < -0.3 is 9.88 Å². The zero-order valence-corrected chi connectivity index (χ0v) is 21.7. The summed E-state index contributed by atoms with van der Waals surface area (Å²) in [5.74, 6) is 0. The lowest BCUT2D eigenvalue weighted by Crippen LogP contribution is -2.08. The molecule has 0 radical (unpaired) electrons. The minimum atomic E-state index is 0.849. The summed E-state index contributed by atoms with van der Waals surface area (Å²) in [5.41, 5.74) is 10.4. The molecular formula is C36H24N4. The van der Waals surface area contributed by atoms with E-state index in [0.29, 0.717) is 0 Å². The molecule has 4 heteroatoms. The van der Waals surface area contributed by atoms with Crippen LogP contribution in [0.15, 0.2) is 128 Å². The SMILES string of the molecule is C1=CC(c2cccc(-n3c4ccccc4c4c5c6ccccc6n6c7ccccc7nc6c5ccc43)c2)=CCN1. The lowest BCUT2D eigenvalue weighted by atomic mass is 10.00. The normalized spacial score (nSPS) is 13.7. The van der Waals surface area contributed by atoms with E-state index in [9.17, 15) is 0 Å². The number of benzene rings is 5. The van der Waals surface area contributed by atoms with Crippen LogP contribution < -0.4 is 5.32 Å². The molecule has 0 bridgehead atoms. The van der Waals surface area contributed by atoms with Crippen LogP contribution in [0.4, 0.5) is 0 Å². The molecule has 1 aliphatic rings. The van der Waals surface area contributed by atoms with Gasteiger partial charge in [0.25, 0.3) is 0 Å². The number of imidazole rings is 1. The van der Waals surface area contributed by atoms with Crippen molar-refractivity contribution >= 4 is 65.7 Å². The van der Waals surface area contributed by atoms with Crippen molar-refractivity contribution in [2.24, 2.45) is 0 Å². The maximum absolute atomic E-state index is 5.15. The van der Waals surface area contributed by atoms with Crippen molar-refractivity contribution in [3.8, 4) is 5.69 Å². The van der Waals surface area contributed by atoms with Crippen LogP contribution in [0.2, 0.25) is 0 Å². The van der Waals surface area contributed by atoms with Crippen molar-refractivity contribution in [2.75, 3.05) is 6.54 Å². The summed E-state index contributed by atoms with van der Waals surface area (Å²) >= 11 is 0. The topological polar surface area (TPSA) is 34.3 Å². The first-order valence-electron chi connectivity index (χ1n) is 13.7. The van der Waals surface area contributed by atoms with E-state index in [1.807, 2.05) is 6.20 Å². The van der Waals surface area contributed by atoms with Crippen molar-refractivity contribution in [1.82, 2.24) is 19.3 Å². The number of aromatic nitrogens is 3.